The summed E-state index contributed by atoms with van der Waals surface area (Å²) in [7, 11) is 0. The fourth-order valence-electron chi connectivity index (χ4n) is 2.16. The van der Waals surface area contributed by atoms with Crippen molar-refractivity contribution in [3.63, 3.8) is 0 Å². The Labute approximate surface area is 117 Å². The molecule has 1 unspecified atom stereocenters. The number of hydrogen-bond donors (Lipinski definition) is 2. The van der Waals surface area contributed by atoms with Crippen molar-refractivity contribution in [2.45, 2.75) is 26.1 Å². The molecule has 0 bridgehead atoms. The Bertz CT molecular complexity index is 593. The van der Waals surface area contributed by atoms with E-state index < -0.39 is 0 Å². The van der Waals surface area contributed by atoms with Crippen molar-refractivity contribution in [1.82, 2.24) is 5.32 Å². The molecule has 0 saturated carbocycles. The molecule has 3 rings (SSSR count). The Balaban J connectivity index is 1.62. The van der Waals surface area contributed by atoms with Gasteiger partial charge in [-0.3, -0.25) is 0 Å². The van der Waals surface area contributed by atoms with Crippen LogP contribution in [0.15, 0.2) is 34.7 Å². The maximum absolute atomic E-state index is 8.96. The van der Waals surface area contributed by atoms with Crippen LogP contribution in [-0.2, 0) is 13.2 Å². The maximum atomic E-state index is 8.96. The first-order valence-corrected chi connectivity index (χ1v) is 6.57. The third-order valence-electron chi connectivity index (χ3n) is 3.35. The Kier molecular flexibility index (Phi) is 3.62. The van der Waals surface area contributed by atoms with Crippen molar-refractivity contribution in [3.05, 3.63) is 47.4 Å². The summed E-state index contributed by atoms with van der Waals surface area (Å²) >= 11 is 0. The van der Waals surface area contributed by atoms with Gasteiger partial charge in [0.2, 0.25) is 6.79 Å². The maximum Gasteiger partial charge on any atom is 0.231 e. The van der Waals surface area contributed by atoms with Crippen molar-refractivity contribution in [1.29, 1.82) is 0 Å². The second-order valence-electron chi connectivity index (χ2n) is 4.74. The molecule has 5 nitrogen and oxygen atoms in total. The molecule has 20 heavy (non-hydrogen) atoms. The Morgan fingerprint density at radius 2 is 1.95 bits per heavy atom. The van der Waals surface area contributed by atoms with Crippen molar-refractivity contribution >= 4 is 0 Å². The Hall–Kier alpha value is -1.98. The molecule has 5 heteroatoms. The molecule has 1 aliphatic heterocycles. The molecule has 1 aliphatic rings. The molecule has 0 aliphatic carbocycles. The lowest BCUT2D eigenvalue weighted by Gasteiger charge is -2.13. The molecular formula is C15H17NO4. The highest BCUT2D eigenvalue weighted by atomic mass is 16.7. The van der Waals surface area contributed by atoms with E-state index in [4.69, 9.17) is 19.0 Å². The smallest absolute Gasteiger partial charge is 0.231 e. The van der Waals surface area contributed by atoms with E-state index in [0.29, 0.717) is 12.3 Å². The number of hydrogen-bond acceptors (Lipinski definition) is 5. The topological polar surface area (TPSA) is 63.9 Å². The van der Waals surface area contributed by atoms with E-state index in [1.54, 1.807) is 6.07 Å². The second kappa shape index (κ2) is 5.56. The molecule has 2 aromatic rings. The summed E-state index contributed by atoms with van der Waals surface area (Å²) in [6.45, 7) is 2.90. The number of aliphatic hydroxyl groups excluding tert-OH is 1. The number of benzene rings is 1. The summed E-state index contributed by atoms with van der Waals surface area (Å²) in [5.74, 6) is 2.97. The predicted molar refractivity (Wildman–Crippen MR) is 72.5 cm³/mol. The fourth-order valence-corrected chi connectivity index (χ4v) is 2.16. The summed E-state index contributed by atoms with van der Waals surface area (Å²) < 4.78 is 16.1. The van der Waals surface area contributed by atoms with Gasteiger partial charge in [-0.15, -0.1) is 0 Å². The molecule has 1 atom stereocenters. The zero-order chi connectivity index (χ0) is 13.9. The van der Waals surface area contributed by atoms with Crippen LogP contribution in [-0.4, -0.2) is 11.9 Å². The van der Waals surface area contributed by atoms with Gasteiger partial charge in [-0.2, -0.15) is 0 Å². The molecule has 0 radical (unpaired) electrons. The van der Waals surface area contributed by atoms with E-state index in [-0.39, 0.29) is 19.4 Å². The number of furan rings is 1. The average molecular weight is 275 g/mol. The number of rotatable bonds is 5. The molecule has 106 valence electrons. The van der Waals surface area contributed by atoms with Crippen LogP contribution < -0.4 is 14.8 Å². The largest absolute Gasteiger partial charge is 0.462 e. The zero-order valence-corrected chi connectivity index (χ0v) is 11.3. The second-order valence-corrected chi connectivity index (χ2v) is 4.74. The quantitative estimate of drug-likeness (QED) is 0.877. The van der Waals surface area contributed by atoms with Crippen LogP contribution in [0.1, 0.15) is 30.0 Å². The van der Waals surface area contributed by atoms with Crippen LogP contribution in [0, 0.1) is 0 Å². The minimum atomic E-state index is -0.0717. The molecule has 1 aromatic carbocycles. The third kappa shape index (κ3) is 2.64. The Morgan fingerprint density at radius 1 is 1.15 bits per heavy atom. The van der Waals surface area contributed by atoms with Crippen LogP contribution in [0.3, 0.4) is 0 Å². The minimum absolute atomic E-state index is 0.0717. The van der Waals surface area contributed by atoms with Crippen LogP contribution >= 0.6 is 0 Å². The fraction of sp³-hybridized carbons (Fsp3) is 0.333. The highest BCUT2D eigenvalue weighted by Crippen LogP contribution is 2.34. The van der Waals surface area contributed by atoms with Crippen LogP contribution in [0.5, 0.6) is 11.5 Å². The zero-order valence-electron chi connectivity index (χ0n) is 11.3. The van der Waals surface area contributed by atoms with Gasteiger partial charge in [0.25, 0.3) is 0 Å². The van der Waals surface area contributed by atoms with Crippen LogP contribution in [0.2, 0.25) is 0 Å². The molecule has 2 heterocycles. The lowest BCUT2D eigenvalue weighted by atomic mass is 10.1. The molecule has 0 saturated heterocycles. The molecular weight excluding hydrogens is 258 g/mol. The lowest BCUT2D eigenvalue weighted by Crippen LogP contribution is -2.17. The average Bonchev–Trinajstić information content (AvgIpc) is 3.12. The first-order valence-electron chi connectivity index (χ1n) is 6.57. The summed E-state index contributed by atoms with van der Waals surface area (Å²) in [6, 6.07) is 9.74. The van der Waals surface area contributed by atoms with Crippen LogP contribution in [0.4, 0.5) is 0 Å². The highest BCUT2D eigenvalue weighted by molar-refractivity contribution is 5.45. The van der Waals surface area contributed by atoms with Gasteiger partial charge in [-0.25, -0.2) is 0 Å². The van der Waals surface area contributed by atoms with Crippen molar-refractivity contribution in [3.8, 4) is 11.5 Å². The SMILES string of the molecule is CC(NCc1ccc(CO)o1)c1ccc2c(c1)OCO2. The summed E-state index contributed by atoms with van der Waals surface area (Å²) in [6.07, 6.45) is 0. The van der Waals surface area contributed by atoms with Gasteiger partial charge >= 0.3 is 0 Å². The van der Waals surface area contributed by atoms with Crippen molar-refractivity contribution in [2.24, 2.45) is 0 Å². The van der Waals surface area contributed by atoms with Gasteiger partial charge in [-0.1, -0.05) is 6.07 Å². The van der Waals surface area contributed by atoms with Gasteiger partial charge in [0, 0.05) is 6.04 Å². The number of aliphatic hydroxyl groups is 1. The third-order valence-corrected chi connectivity index (χ3v) is 3.35. The van der Waals surface area contributed by atoms with E-state index in [0.717, 1.165) is 22.8 Å². The van der Waals surface area contributed by atoms with Gasteiger partial charge in [0.05, 0.1) is 6.54 Å². The van der Waals surface area contributed by atoms with E-state index in [1.807, 2.05) is 24.3 Å². The molecule has 0 fully saturated rings. The molecule has 2 N–H and O–H groups in total. The Morgan fingerprint density at radius 3 is 2.75 bits per heavy atom. The number of ether oxygens (including phenoxy) is 2. The first kappa shape index (κ1) is 13.0. The lowest BCUT2D eigenvalue weighted by molar-refractivity contribution is 0.174. The monoisotopic (exact) mass is 275 g/mol. The normalized spacial score (nSPS) is 14.5. The molecule has 1 aromatic heterocycles. The van der Waals surface area contributed by atoms with Gasteiger partial charge < -0.3 is 24.3 Å². The van der Waals surface area contributed by atoms with Gasteiger partial charge in [0.15, 0.2) is 11.5 Å². The van der Waals surface area contributed by atoms with E-state index in [9.17, 15) is 0 Å². The van der Waals surface area contributed by atoms with E-state index >= 15 is 0 Å². The summed E-state index contributed by atoms with van der Waals surface area (Å²) in [5, 5.41) is 12.3. The minimum Gasteiger partial charge on any atom is -0.462 e. The number of fused-ring (bicyclic) bond motifs is 1. The predicted octanol–water partition coefficient (Wildman–Crippen LogP) is 2.35. The standard InChI is InChI=1S/C15H17NO4/c1-10(16-7-12-3-4-13(8-17)20-12)11-2-5-14-15(6-11)19-9-18-14/h2-6,10,16-17H,7-9H2,1H3. The highest BCUT2D eigenvalue weighted by Gasteiger charge is 2.15. The van der Waals surface area contributed by atoms with E-state index in [1.165, 1.54) is 0 Å². The van der Waals surface area contributed by atoms with Crippen LogP contribution in [0.25, 0.3) is 0 Å². The number of nitrogens with one attached hydrogen (secondary N) is 1. The van der Waals surface area contributed by atoms with Gasteiger partial charge in [0.1, 0.15) is 18.1 Å². The summed E-state index contributed by atoms with van der Waals surface area (Å²) in [5.41, 5.74) is 1.13. The van der Waals surface area contributed by atoms with E-state index in [2.05, 4.69) is 12.2 Å². The van der Waals surface area contributed by atoms with Gasteiger partial charge in [-0.05, 0) is 36.8 Å². The van der Waals surface area contributed by atoms with Crippen molar-refractivity contribution < 1.29 is 19.0 Å². The molecule has 0 spiro atoms. The summed E-state index contributed by atoms with van der Waals surface area (Å²) in [4.78, 5) is 0. The van der Waals surface area contributed by atoms with Crippen molar-refractivity contribution in [2.75, 3.05) is 6.79 Å². The first-order chi connectivity index (χ1) is 9.76. The molecule has 0 amide bonds.